The number of halogens is 3. The second-order valence-electron chi connectivity index (χ2n) is 7.38. The molecule has 0 fully saturated rings. The van der Waals surface area contributed by atoms with Crippen molar-refractivity contribution in [2.75, 3.05) is 7.11 Å². The van der Waals surface area contributed by atoms with Gasteiger partial charge in [0.25, 0.3) is 11.5 Å². The predicted molar refractivity (Wildman–Crippen MR) is 121 cm³/mol. The van der Waals surface area contributed by atoms with Gasteiger partial charge >= 0.3 is 6.36 Å². The molecule has 2 heterocycles. The zero-order valence-corrected chi connectivity index (χ0v) is 18.6. The number of amides is 1. The Hall–Kier alpha value is -4.74. The number of H-pyrrole nitrogens is 1. The monoisotopic (exact) mass is 497 g/mol. The summed E-state index contributed by atoms with van der Waals surface area (Å²) in [5.41, 5.74) is 0.389. The van der Waals surface area contributed by atoms with Crippen molar-refractivity contribution < 1.29 is 27.4 Å². The highest BCUT2D eigenvalue weighted by Gasteiger charge is 2.31. The van der Waals surface area contributed by atoms with Gasteiger partial charge in [0.2, 0.25) is 0 Å². The maximum absolute atomic E-state index is 13.1. The summed E-state index contributed by atoms with van der Waals surface area (Å²) >= 11 is 0. The number of aromatic nitrogens is 4. The largest absolute Gasteiger partial charge is 0.573 e. The van der Waals surface area contributed by atoms with Crippen LogP contribution in [-0.4, -0.2) is 39.5 Å². The van der Waals surface area contributed by atoms with E-state index < -0.39 is 29.6 Å². The average molecular weight is 497 g/mol. The molecular weight excluding hydrogens is 479 g/mol. The summed E-state index contributed by atoms with van der Waals surface area (Å²) in [5, 5.41) is 10.3. The summed E-state index contributed by atoms with van der Waals surface area (Å²) in [6.45, 7) is 0. The van der Waals surface area contributed by atoms with Crippen molar-refractivity contribution in [3.05, 3.63) is 100 Å². The highest BCUT2D eigenvalue weighted by Crippen LogP contribution is 2.28. The van der Waals surface area contributed by atoms with Crippen LogP contribution in [0.25, 0.3) is 11.5 Å². The third-order valence-electron chi connectivity index (χ3n) is 5.03. The lowest BCUT2D eigenvalue weighted by Crippen LogP contribution is -2.33. The number of nitrogens with zero attached hydrogens (tertiary/aromatic N) is 3. The number of methoxy groups -OCH3 is 1. The van der Waals surface area contributed by atoms with Gasteiger partial charge in [0, 0.05) is 12.4 Å². The first-order valence-electron chi connectivity index (χ1n) is 10.4. The molecule has 0 aliphatic carbocycles. The minimum Gasteiger partial charge on any atom is -0.497 e. The van der Waals surface area contributed by atoms with E-state index in [4.69, 9.17) is 4.74 Å². The standard InChI is InChI=1S/C24H18F3N5O4/c1-35-16-8-4-14(5-9-16)20(15-6-10-17(11-7-15)36-24(25,26)27)30-22(33)18-13-28-21(31-23(18)34)19-3-2-12-29-32-19/h2-13,20H,1H3,(H,30,33)(H,28,31,34)/t20-/m0/s1. The SMILES string of the molecule is COc1ccc([C@H](NC(=O)c2cnc(-c3cccnn3)[nH]c2=O)c2ccc(OC(F)(F)F)cc2)cc1. The van der Waals surface area contributed by atoms with Crippen molar-refractivity contribution in [1.82, 2.24) is 25.5 Å². The second-order valence-corrected chi connectivity index (χ2v) is 7.38. The summed E-state index contributed by atoms with van der Waals surface area (Å²) in [6, 6.07) is 14.1. The van der Waals surface area contributed by atoms with E-state index in [9.17, 15) is 22.8 Å². The molecule has 1 atom stereocenters. The fourth-order valence-electron chi connectivity index (χ4n) is 3.34. The number of nitrogens with one attached hydrogen (secondary N) is 2. The lowest BCUT2D eigenvalue weighted by Gasteiger charge is -2.20. The van der Waals surface area contributed by atoms with Crippen LogP contribution in [0.15, 0.2) is 77.9 Å². The Kier molecular flexibility index (Phi) is 6.95. The Morgan fingerprint density at radius 3 is 2.17 bits per heavy atom. The molecule has 36 heavy (non-hydrogen) atoms. The molecule has 0 unspecified atom stereocenters. The zero-order valence-electron chi connectivity index (χ0n) is 18.6. The number of rotatable bonds is 7. The van der Waals surface area contributed by atoms with Gasteiger partial charge in [0.15, 0.2) is 5.82 Å². The Balaban J connectivity index is 1.63. The first-order chi connectivity index (χ1) is 17.2. The minimum absolute atomic E-state index is 0.136. The first-order valence-corrected chi connectivity index (χ1v) is 10.4. The normalized spacial score (nSPS) is 12.0. The number of carbonyl (C=O) groups excluding carboxylic acids is 1. The third-order valence-corrected chi connectivity index (χ3v) is 5.03. The van der Waals surface area contributed by atoms with E-state index in [1.807, 2.05) is 0 Å². The molecule has 0 saturated heterocycles. The topological polar surface area (TPSA) is 119 Å². The molecule has 0 aliphatic heterocycles. The van der Waals surface area contributed by atoms with Crippen LogP contribution in [0, 0.1) is 0 Å². The van der Waals surface area contributed by atoms with Crippen LogP contribution in [0.4, 0.5) is 13.2 Å². The Labute approximate surface area is 202 Å². The van der Waals surface area contributed by atoms with E-state index in [1.54, 1.807) is 36.4 Å². The maximum atomic E-state index is 13.1. The van der Waals surface area contributed by atoms with E-state index in [1.165, 1.54) is 25.4 Å². The molecule has 1 amide bonds. The van der Waals surface area contributed by atoms with Crippen LogP contribution >= 0.6 is 0 Å². The van der Waals surface area contributed by atoms with Crippen LogP contribution in [0.3, 0.4) is 0 Å². The molecular formula is C24H18F3N5O4. The van der Waals surface area contributed by atoms with Crippen molar-refractivity contribution >= 4 is 5.91 Å². The lowest BCUT2D eigenvalue weighted by atomic mass is 9.98. The molecule has 12 heteroatoms. The zero-order chi connectivity index (χ0) is 25.7. The molecule has 0 radical (unpaired) electrons. The van der Waals surface area contributed by atoms with Crippen molar-refractivity contribution in [2.24, 2.45) is 0 Å². The smallest absolute Gasteiger partial charge is 0.497 e. The third kappa shape index (κ3) is 5.84. The van der Waals surface area contributed by atoms with Gasteiger partial charge < -0.3 is 19.8 Å². The van der Waals surface area contributed by atoms with Gasteiger partial charge in [-0.3, -0.25) is 9.59 Å². The van der Waals surface area contributed by atoms with Crippen LogP contribution in [-0.2, 0) is 0 Å². The summed E-state index contributed by atoms with van der Waals surface area (Å²) in [6.07, 6.45) is -2.26. The number of alkyl halides is 3. The Bertz CT molecular complexity index is 1390. The average Bonchev–Trinajstić information content (AvgIpc) is 2.87. The Morgan fingerprint density at radius 1 is 1.00 bits per heavy atom. The second kappa shape index (κ2) is 10.3. The number of hydrogen-bond acceptors (Lipinski definition) is 7. The quantitative estimate of drug-likeness (QED) is 0.400. The maximum Gasteiger partial charge on any atom is 0.573 e. The fraction of sp³-hybridized carbons (Fsp3) is 0.125. The van der Waals surface area contributed by atoms with E-state index in [2.05, 4.69) is 30.2 Å². The lowest BCUT2D eigenvalue weighted by molar-refractivity contribution is -0.274. The minimum atomic E-state index is -4.84. The van der Waals surface area contributed by atoms with Gasteiger partial charge in [0.1, 0.15) is 22.8 Å². The molecule has 2 aromatic heterocycles. The predicted octanol–water partition coefficient (Wildman–Crippen LogP) is 3.65. The highest BCUT2D eigenvalue weighted by molar-refractivity contribution is 5.94. The molecule has 4 rings (SSSR count). The van der Waals surface area contributed by atoms with Crippen molar-refractivity contribution in [3.63, 3.8) is 0 Å². The summed E-state index contributed by atoms with van der Waals surface area (Å²) in [4.78, 5) is 32.3. The molecule has 0 spiro atoms. The Morgan fingerprint density at radius 2 is 1.64 bits per heavy atom. The molecule has 0 saturated carbocycles. The van der Waals surface area contributed by atoms with Gasteiger partial charge in [-0.1, -0.05) is 24.3 Å². The van der Waals surface area contributed by atoms with E-state index in [0.717, 1.165) is 18.3 Å². The van der Waals surface area contributed by atoms with Crippen molar-refractivity contribution in [1.29, 1.82) is 0 Å². The van der Waals surface area contributed by atoms with Crippen LogP contribution in [0.1, 0.15) is 27.5 Å². The van der Waals surface area contributed by atoms with Crippen LogP contribution in [0.2, 0.25) is 0 Å². The molecule has 2 N–H and O–H groups in total. The summed E-state index contributed by atoms with van der Waals surface area (Å²) < 4.78 is 46.7. The first kappa shape index (κ1) is 24.4. The van der Waals surface area contributed by atoms with E-state index >= 15 is 0 Å². The molecule has 4 aromatic rings. The molecule has 2 aromatic carbocycles. The molecule has 184 valence electrons. The highest BCUT2D eigenvalue weighted by atomic mass is 19.4. The number of ether oxygens (including phenoxy) is 2. The molecule has 0 aliphatic rings. The van der Waals surface area contributed by atoms with Crippen LogP contribution in [0.5, 0.6) is 11.5 Å². The molecule has 9 nitrogen and oxygen atoms in total. The van der Waals surface area contributed by atoms with Gasteiger partial charge in [-0.2, -0.15) is 5.10 Å². The van der Waals surface area contributed by atoms with E-state index in [0.29, 0.717) is 22.6 Å². The number of aromatic amines is 1. The van der Waals surface area contributed by atoms with Gasteiger partial charge in [-0.05, 0) is 47.5 Å². The summed E-state index contributed by atoms with van der Waals surface area (Å²) in [7, 11) is 1.50. The van der Waals surface area contributed by atoms with Gasteiger partial charge in [-0.25, -0.2) is 4.98 Å². The fourth-order valence-corrected chi connectivity index (χ4v) is 3.34. The van der Waals surface area contributed by atoms with E-state index in [-0.39, 0.29) is 11.4 Å². The van der Waals surface area contributed by atoms with Crippen LogP contribution < -0.4 is 20.3 Å². The van der Waals surface area contributed by atoms with Crippen molar-refractivity contribution in [3.8, 4) is 23.0 Å². The molecule has 0 bridgehead atoms. The van der Waals surface area contributed by atoms with Gasteiger partial charge in [-0.15, -0.1) is 18.3 Å². The van der Waals surface area contributed by atoms with Gasteiger partial charge in [0.05, 0.1) is 13.2 Å². The number of carbonyl (C=O) groups is 1. The number of hydrogen-bond donors (Lipinski definition) is 2. The summed E-state index contributed by atoms with van der Waals surface area (Å²) in [5.74, 6) is -0.452. The van der Waals surface area contributed by atoms with Crippen molar-refractivity contribution in [2.45, 2.75) is 12.4 Å². The number of benzene rings is 2.